The summed E-state index contributed by atoms with van der Waals surface area (Å²) in [6.45, 7) is 4.35. The van der Waals surface area contributed by atoms with E-state index in [1.807, 2.05) is 55.6 Å². The van der Waals surface area contributed by atoms with E-state index in [0.717, 1.165) is 35.9 Å². The van der Waals surface area contributed by atoms with Gasteiger partial charge in [0.05, 0.1) is 25.0 Å². The molecule has 1 atom stereocenters. The maximum atomic E-state index is 12.7. The third-order valence-electron chi connectivity index (χ3n) is 5.37. The molecule has 1 aliphatic heterocycles. The highest BCUT2D eigenvalue weighted by Crippen LogP contribution is 2.32. The van der Waals surface area contributed by atoms with Crippen LogP contribution >= 0.6 is 0 Å². The highest BCUT2D eigenvalue weighted by molar-refractivity contribution is 5.76. The van der Waals surface area contributed by atoms with E-state index in [9.17, 15) is 4.79 Å². The Bertz CT molecular complexity index is 986. The van der Waals surface area contributed by atoms with Gasteiger partial charge in [-0.15, -0.1) is 0 Å². The van der Waals surface area contributed by atoms with Crippen molar-refractivity contribution in [2.75, 3.05) is 31.6 Å². The molecule has 3 aromatic rings. The lowest BCUT2D eigenvalue weighted by molar-refractivity contribution is -0.131. The van der Waals surface area contributed by atoms with Gasteiger partial charge in [-0.05, 0) is 19.1 Å². The van der Waals surface area contributed by atoms with Crippen LogP contribution in [0.3, 0.4) is 0 Å². The number of fused-ring (bicyclic) bond motifs is 1. The Labute approximate surface area is 177 Å². The third kappa shape index (κ3) is 4.48. The molecule has 0 bridgehead atoms. The van der Waals surface area contributed by atoms with Crippen molar-refractivity contribution in [3.63, 3.8) is 0 Å². The molecule has 2 heterocycles. The number of carbonyl (C=O) groups is 1. The summed E-state index contributed by atoms with van der Waals surface area (Å²) < 4.78 is 11.9. The summed E-state index contributed by atoms with van der Waals surface area (Å²) in [7, 11) is 1.83. The number of carbonyl (C=O) groups excluding carboxylic acids is 1. The second kappa shape index (κ2) is 9.03. The summed E-state index contributed by atoms with van der Waals surface area (Å²) >= 11 is 0. The normalized spacial score (nSPS) is 15.4. The standard InChI is InChI=1S/C24H27N3O3/c1-3-27-17-19(29-21-12-8-7-11-20(21)27)16-26(2)24(28)14-13-23-25-15-22(30-23)18-9-5-4-6-10-18/h4-12,15,19H,3,13-14,16-17H2,1-2H3. The van der Waals surface area contributed by atoms with E-state index in [4.69, 9.17) is 9.15 Å². The SMILES string of the molecule is CCN1CC(CN(C)C(=O)CCc2ncc(-c3ccccc3)o2)Oc2ccccc21. The molecule has 6 nitrogen and oxygen atoms in total. The highest BCUT2D eigenvalue weighted by Gasteiger charge is 2.26. The number of benzene rings is 2. The van der Waals surface area contributed by atoms with Crippen molar-refractivity contribution in [2.45, 2.75) is 25.9 Å². The van der Waals surface area contributed by atoms with E-state index in [1.165, 1.54) is 0 Å². The number of aromatic nitrogens is 1. The number of oxazole rings is 1. The number of rotatable bonds is 7. The minimum absolute atomic E-state index is 0.0554. The third-order valence-corrected chi connectivity index (χ3v) is 5.37. The number of hydrogen-bond acceptors (Lipinski definition) is 5. The molecule has 1 unspecified atom stereocenters. The number of para-hydroxylation sites is 2. The van der Waals surface area contributed by atoms with Crippen LogP contribution in [0.4, 0.5) is 5.69 Å². The fourth-order valence-corrected chi connectivity index (χ4v) is 3.75. The Hall–Kier alpha value is -3.28. The summed E-state index contributed by atoms with van der Waals surface area (Å²) in [6.07, 6.45) is 2.49. The molecule has 0 N–H and O–H groups in total. The number of amides is 1. The fraction of sp³-hybridized carbons (Fsp3) is 0.333. The first kappa shape index (κ1) is 20.0. The Morgan fingerprint density at radius 3 is 2.73 bits per heavy atom. The van der Waals surface area contributed by atoms with Crippen molar-refractivity contribution in [3.8, 4) is 17.1 Å². The molecular formula is C24H27N3O3. The van der Waals surface area contributed by atoms with Gasteiger partial charge < -0.3 is 19.0 Å². The number of hydrogen-bond donors (Lipinski definition) is 0. The molecule has 1 aliphatic rings. The number of likely N-dealkylation sites (N-methyl/N-ethyl adjacent to an activating group) is 2. The smallest absolute Gasteiger partial charge is 0.222 e. The average Bonchev–Trinajstić information content (AvgIpc) is 3.26. The van der Waals surface area contributed by atoms with Crippen LogP contribution in [-0.2, 0) is 11.2 Å². The van der Waals surface area contributed by atoms with Crippen LogP contribution < -0.4 is 9.64 Å². The quantitative estimate of drug-likeness (QED) is 0.594. The lowest BCUT2D eigenvalue weighted by atomic mass is 10.1. The first-order chi connectivity index (χ1) is 14.6. The molecule has 2 aromatic carbocycles. The van der Waals surface area contributed by atoms with Gasteiger partial charge in [0.1, 0.15) is 11.9 Å². The molecule has 156 valence electrons. The molecule has 0 radical (unpaired) electrons. The number of ether oxygens (including phenoxy) is 1. The van der Waals surface area contributed by atoms with Gasteiger partial charge in [0, 0.05) is 32.0 Å². The van der Waals surface area contributed by atoms with Crippen molar-refractivity contribution in [1.82, 2.24) is 9.88 Å². The van der Waals surface area contributed by atoms with E-state index in [-0.39, 0.29) is 12.0 Å². The van der Waals surface area contributed by atoms with Gasteiger partial charge in [-0.25, -0.2) is 4.98 Å². The second-order valence-corrected chi connectivity index (χ2v) is 7.50. The van der Waals surface area contributed by atoms with Gasteiger partial charge in [-0.3, -0.25) is 4.79 Å². The molecule has 0 saturated carbocycles. The molecule has 0 spiro atoms. The van der Waals surface area contributed by atoms with E-state index in [2.05, 4.69) is 22.9 Å². The van der Waals surface area contributed by atoms with Gasteiger partial charge in [0.25, 0.3) is 0 Å². The summed E-state index contributed by atoms with van der Waals surface area (Å²) in [6, 6.07) is 17.9. The zero-order chi connectivity index (χ0) is 20.9. The minimum atomic E-state index is -0.0554. The van der Waals surface area contributed by atoms with Gasteiger partial charge in [-0.2, -0.15) is 0 Å². The predicted molar refractivity (Wildman–Crippen MR) is 117 cm³/mol. The topological polar surface area (TPSA) is 58.8 Å². The average molecular weight is 405 g/mol. The fourth-order valence-electron chi connectivity index (χ4n) is 3.75. The van der Waals surface area contributed by atoms with Crippen LogP contribution in [0.2, 0.25) is 0 Å². The van der Waals surface area contributed by atoms with Crippen molar-refractivity contribution >= 4 is 11.6 Å². The van der Waals surface area contributed by atoms with Crippen LogP contribution in [0.15, 0.2) is 65.2 Å². The molecule has 6 heteroatoms. The Morgan fingerprint density at radius 1 is 1.17 bits per heavy atom. The van der Waals surface area contributed by atoms with Crippen LogP contribution in [0.25, 0.3) is 11.3 Å². The molecule has 1 amide bonds. The minimum Gasteiger partial charge on any atom is -0.485 e. The molecule has 30 heavy (non-hydrogen) atoms. The molecule has 0 fully saturated rings. The predicted octanol–water partition coefficient (Wildman–Crippen LogP) is 4.02. The zero-order valence-electron chi connectivity index (χ0n) is 17.5. The number of aryl methyl sites for hydroxylation is 1. The highest BCUT2D eigenvalue weighted by atomic mass is 16.5. The lowest BCUT2D eigenvalue weighted by Crippen LogP contribution is -2.46. The maximum Gasteiger partial charge on any atom is 0.222 e. The van der Waals surface area contributed by atoms with E-state index in [0.29, 0.717) is 25.3 Å². The number of anilines is 1. The molecule has 1 aromatic heterocycles. The largest absolute Gasteiger partial charge is 0.485 e. The van der Waals surface area contributed by atoms with Crippen LogP contribution in [0.1, 0.15) is 19.2 Å². The van der Waals surface area contributed by atoms with Gasteiger partial charge >= 0.3 is 0 Å². The Balaban J connectivity index is 1.31. The summed E-state index contributed by atoms with van der Waals surface area (Å²) in [4.78, 5) is 21.0. The van der Waals surface area contributed by atoms with Crippen molar-refractivity contribution in [1.29, 1.82) is 0 Å². The maximum absolute atomic E-state index is 12.7. The van der Waals surface area contributed by atoms with E-state index < -0.39 is 0 Å². The first-order valence-electron chi connectivity index (χ1n) is 10.4. The van der Waals surface area contributed by atoms with E-state index >= 15 is 0 Å². The zero-order valence-corrected chi connectivity index (χ0v) is 17.5. The van der Waals surface area contributed by atoms with Gasteiger partial charge in [0.15, 0.2) is 11.7 Å². The van der Waals surface area contributed by atoms with Crippen LogP contribution in [0, 0.1) is 0 Å². The molecule has 0 saturated heterocycles. The van der Waals surface area contributed by atoms with Gasteiger partial charge in [0.2, 0.25) is 5.91 Å². The van der Waals surface area contributed by atoms with Crippen LogP contribution in [-0.4, -0.2) is 48.6 Å². The van der Waals surface area contributed by atoms with Gasteiger partial charge in [-0.1, -0.05) is 42.5 Å². The summed E-state index contributed by atoms with van der Waals surface area (Å²) in [5, 5.41) is 0. The molecule has 0 aliphatic carbocycles. The molecule has 4 rings (SSSR count). The first-order valence-corrected chi connectivity index (χ1v) is 10.4. The Kier molecular flexibility index (Phi) is 6.02. The molecular weight excluding hydrogens is 378 g/mol. The Morgan fingerprint density at radius 2 is 1.93 bits per heavy atom. The second-order valence-electron chi connectivity index (χ2n) is 7.50. The number of nitrogens with zero attached hydrogens (tertiary/aromatic N) is 3. The van der Waals surface area contributed by atoms with Crippen molar-refractivity contribution < 1.29 is 13.9 Å². The monoisotopic (exact) mass is 405 g/mol. The van der Waals surface area contributed by atoms with E-state index in [1.54, 1.807) is 11.1 Å². The summed E-state index contributed by atoms with van der Waals surface area (Å²) in [5.74, 6) is 2.24. The summed E-state index contributed by atoms with van der Waals surface area (Å²) in [5.41, 5.74) is 2.10. The van der Waals surface area contributed by atoms with Crippen molar-refractivity contribution in [2.24, 2.45) is 0 Å². The van der Waals surface area contributed by atoms with Crippen molar-refractivity contribution in [3.05, 3.63) is 66.7 Å². The lowest BCUT2D eigenvalue weighted by Gasteiger charge is -2.37. The van der Waals surface area contributed by atoms with Crippen LogP contribution in [0.5, 0.6) is 5.75 Å².